The fraction of sp³-hybridized carbons (Fsp3) is 0.188. The van der Waals surface area contributed by atoms with Crippen molar-refractivity contribution in [3.63, 3.8) is 0 Å². The first-order valence-corrected chi connectivity index (χ1v) is 5.93. The Labute approximate surface area is 107 Å². The van der Waals surface area contributed by atoms with E-state index < -0.39 is 0 Å². The smallest absolute Gasteiger partial charge is 0.159 e. The van der Waals surface area contributed by atoms with E-state index in [1.807, 2.05) is 31.2 Å². The highest BCUT2D eigenvalue weighted by Gasteiger charge is 2.04. The Balaban J connectivity index is 2.24. The molecule has 2 rings (SSSR count). The normalized spacial score (nSPS) is 10.2. The van der Waals surface area contributed by atoms with Gasteiger partial charge in [0.05, 0.1) is 0 Å². The number of ketones is 1. The Bertz CT molecular complexity index is 568. The molecule has 2 heteroatoms. The second-order valence-corrected chi connectivity index (χ2v) is 4.38. The molecule has 0 fully saturated rings. The highest BCUT2D eigenvalue weighted by Crippen LogP contribution is 2.26. The number of ether oxygens (including phenoxy) is 1. The summed E-state index contributed by atoms with van der Waals surface area (Å²) in [7, 11) is 0. The molecule has 0 N–H and O–H groups in total. The molecule has 0 aromatic heterocycles. The monoisotopic (exact) mass is 240 g/mol. The fourth-order valence-corrected chi connectivity index (χ4v) is 1.72. The van der Waals surface area contributed by atoms with Gasteiger partial charge in [-0.15, -0.1) is 0 Å². The number of carbonyl (C=O) groups is 1. The lowest BCUT2D eigenvalue weighted by Crippen LogP contribution is -1.93. The summed E-state index contributed by atoms with van der Waals surface area (Å²) >= 11 is 0. The minimum atomic E-state index is 0.0632. The minimum Gasteiger partial charge on any atom is -0.457 e. The number of benzene rings is 2. The summed E-state index contributed by atoms with van der Waals surface area (Å²) in [5, 5.41) is 0. The second kappa shape index (κ2) is 5.05. The fourth-order valence-electron chi connectivity index (χ4n) is 1.72. The van der Waals surface area contributed by atoms with Crippen molar-refractivity contribution >= 4 is 5.78 Å². The van der Waals surface area contributed by atoms with Gasteiger partial charge in [0.1, 0.15) is 11.5 Å². The summed E-state index contributed by atoms with van der Waals surface area (Å²) in [6, 6.07) is 13.2. The van der Waals surface area contributed by atoms with Crippen molar-refractivity contribution in [1.29, 1.82) is 0 Å². The van der Waals surface area contributed by atoms with Crippen LogP contribution >= 0.6 is 0 Å². The molecule has 0 amide bonds. The molecule has 0 unspecified atom stereocenters. The Morgan fingerprint density at radius 1 is 1.00 bits per heavy atom. The Hall–Kier alpha value is -2.09. The highest BCUT2D eigenvalue weighted by molar-refractivity contribution is 5.94. The molecule has 0 aliphatic rings. The Morgan fingerprint density at radius 3 is 2.28 bits per heavy atom. The molecule has 18 heavy (non-hydrogen) atoms. The van der Waals surface area contributed by atoms with E-state index in [0.29, 0.717) is 5.56 Å². The van der Waals surface area contributed by atoms with Crippen LogP contribution in [0.1, 0.15) is 28.4 Å². The minimum absolute atomic E-state index is 0.0632. The first-order valence-electron chi connectivity index (χ1n) is 5.93. The van der Waals surface area contributed by atoms with Crippen LogP contribution in [0.2, 0.25) is 0 Å². The lowest BCUT2D eigenvalue weighted by molar-refractivity contribution is 0.101. The van der Waals surface area contributed by atoms with Crippen LogP contribution in [0.25, 0.3) is 0 Å². The Morgan fingerprint density at radius 2 is 1.67 bits per heavy atom. The predicted octanol–water partition coefficient (Wildman–Crippen LogP) is 4.30. The zero-order valence-electron chi connectivity index (χ0n) is 10.9. The molecule has 92 valence electrons. The van der Waals surface area contributed by atoms with Gasteiger partial charge in [-0.25, -0.2) is 0 Å². The van der Waals surface area contributed by atoms with Crippen LogP contribution in [0.15, 0.2) is 42.5 Å². The van der Waals surface area contributed by atoms with E-state index in [1.165, 1.54) is 5.56 Å². The van der Waals surface area contributed by atoms with Gasteiger partial charge in [0, 0.05) is 5.56 Å². The summed E-state index contributed by atoms with van der Waals surface area (Å²) in [6.07, 6.45) is 0. The number of aryl methyl sites for hydroxylation is 1. The zero-order chi connectivity index (χ0) is 13.1. The van der Waals surface area contributed by atoms with Crippen molar-refractivity contribution in [2.45, 2.75) is 20.8 Å². The zero-order valence-corrected chi connectivity index (χ0v) is 10.9. The molecule has 0 saturated heterocycles. The second-order valence-electron chi connectivity index (χ2n) is 4.38. The summed E-state index contributed by atoms with van der Waals surface area (Å²) in [5.41, 5.74) is 3.03. The van der Waals surface area contributed by atoms with E-state index in [4.69, 9.17) is 4.74 Å². The lowest BCUT2D eigenvalue weighted by Gasteiger charge is -2.10. The van der Waals surface area contributed by atoms with E-state index in [-0.39, 0.29) is 5.78 Å². The summed E-state index contributed by atoms with van der Waals surface area (Å²) in [5.74, 6) is 1.66. The van der Waals surface area contributed by atoms with Crippen molar-refractivity contribution in [1.82, 2.24) is 0 Å². The van der Waals surface area contributed by atoms with Crippen LogP contribution in [-0.2, 0) is 0 Å². The lowest BCUT2D eigenvalue weighted by atomic mass is 10.1. The molecular weight excluding hydrogens is 224 g/mol. The largest absolute Gasteiger partial charge is 0.457 e. The van der Waals surface area contributed by atoms with E-state index in [2.05, 4.69) is 13.0 Å². The standard InChI is InChI=1S/C16H16O2/c1-11-5-4-6-16(12(11)2)18-15-9-7-14(8-10-15)13(3)17/h4-10H,1-3H3. The topological polar surface area (TPSA) is 26.3 Å². The molecule has 2 aromatic carbocycles. The van der Waals surface area contributed by atoms with E-state index >= 15 is 0 Å². The van der Waals surface area contributed by atoms with Crippen LogP contribution < -0.4 is 4.74 Å². The number of hydrogen-bond acceptors (Lipinski definition) is 2. The van der Waals surface area contributed by atoms with Gasteiger partial charge in [-0.2, -0.15) is 0 Å². The number of carbonyl (C=O) groups excluding carboxylic acids is 1. The molecule has 0 saturated carbocycles. The van der Waals surface area contributed by atoms with Crippen molar-refractivity contribution in [2.24, 2.45) is 0 Å². The van der Waals surface area contributed by atoms with Crippen LogP contribution in [-0.4, -0.2) is 5.78 Å². The number of rotatable bonds is 3. The first-order chi connectivity index (χ1) is 8.58. The predicted molar refractivity (Wildman–Crippen MR) is 72.4 cm³/mol. The van der Waals surface area contributed by atoms with Crippen LogP contribution in [0.3, 0.4) is 0 Å². The van der Waals surface area contributed by atoms with E-state index in [1.54, 1.807) is 19.1 Å². The number of Topliss-reactive ketones (excluding diaryl/α,β-unsaturated/α-hetero) is 1. The quantitative estimate of drug-likeness (QED) is 0.748. The van der Waals surface area contributed by atoms with Crippen molar-refractivity contribution in [3.8, 4) is 11.5 Å². The molecule has 0 aliphatic carbocycles. The van der Waals surface area contributed by atoms with Gasteiger partial charge in [0.25, 0.3) is 0 Å². The van der Waals surface area contributed by atoms with Crippen molar-refractivity contribution in [3.05, 3.63) is 59.2 Å². The van der Waals surface area contributed by atoms with Gasteiger partial charge in [-0.05, 0) is 62.2 Å². The van der Waals surface area contributed by atoms with Gasteiger partial charge >= 0.3 is 0 Å². The molecule has 0 bridgehead atoms. The van der Waals surface area contributed by atoms with E-state index in [0.717, 1.165) is 17.1 Å². The average molecular weight is 240 g/mol. The molecule has 0 spiro atoms. The molecular formula is C16H16O2. The third-order valence-corrected chi connectivity index (χ3v) is 3.04. The van der Waals surface area contributed by atoms with Crippen molar-refractivity contribution in [2.75, 3.05) is 0 Å². The third kappa shape index (κ3) is 2.59. The molecule has 0 atom stereocenters. The first kappa shape index (κ1) is 12.4. The average Bonchev–Trinajstić information content (AvgIpc) is 2.36. The highest BCUT2D eigenvalue weighted by atomic mass is 16.5. The van der Waals surface area contributed by atoms with Gasteiger partial charge in [0.15, 0.2) is 5.78 Å². The third-order valence-electron chi connectivity index (χ3n) is 3.04. The van der Waals surface area contributed by atoms with Crippen molar-refractivity contribution < 1.29 is 9.53 Å². The maximum Gasteiger partial charge on any atom is 0.159 e. The van der Waals surface area contributed by atoms with Crippen LogP contribution in [0, 0.1) is 13.8 Å². The summed E-state index contributed by atoms with van der Waals surface area (Å²) in [4.78, 5) is 11.2. The van der Waals surface area contributed by atoms with E-state index in [9.17, 15) is 4.79 Å². The summed E-state index contributed by atoms with van der Waals surface area (Å²) in [6.45, 7) is 5.65. The maximum absolute atomic E-state index is 11.2. The molecule has 0 heterocycles. The molecule has 0 aliphatic heterocycles. The van der Waals surface area contributed by atoms with Gasteiger partial charge in [0.2, 0.25) is 0 Å². The molecule has 2 aromatic rings. The Kier molecular flexibility index (Phi) is 3.47. The van der Waals surface area contributed by atoms with Gasteiger partial charge in [-0.1, -0.05) is 12.1 Å². The SMILES string of the molecule is CC(=O)c1ccc(Oc2cccc(C)c2C)cc1. The van der Waals surface area contributed by atoms with Crippen LogP contribution in [0.5, 0.6) is 11.5 Å². The molecule has 0 radical (unpaired) electrons. The maximum atomic E-state index is 11.2. The molecule has 2 nitrogen and oxygen atoms in total. The van der Waals surface area contributed by atoms with Crippen LogP contribution in [0.4, 0.5) is 0 Å². The summed E-state index contributed by atoms with van der Waals surface area (Å²) < 4.78 is 5.81. The number of hydrogen-bond donors (Lipinski definition) is 0. The van der Waals surface area contributed by atoms with Gasteiger partial charge in [-0.3, -0.25) is 4.79 Å². The van der Waals surface area contributed by atoms with Gasteiger partial charge < -0.3 is 4.74 Å².